The Morgan fingerprint density at radius 2 is 2.17 bits per heavy atom. The second-order valence-electron chi connectivity index (χ2n) is 2.78. The highest BCUT2D eigenvalue weighted by molar-refractivity contribution is 5.10. The summed E-state index contributed by atoms with van der Waals surface area (Å²) in [5.74, 6) is -0.0203. The summed E-state index contributed by atoms with van der Waals surface area (Å²) < 4.78 is 12.2. The van der Waals surface area contributed by atoms with E-state index in [0.717, 1.165) is 12.8 Å². The second-order valence-corrected chi connectivity index (χ2v) is 2.78. The molecule has 0 fully saturated rings. The molecule has 1 unspecified atom stereocenters. The first-order chi connectivity index (χ1) is 5.70. The lowest BCUT2D eigenvalue weighted by Gasteiger charge is -2.03. The predicted octanol–water partition coefficient (Wildman–Crippen LogP) is 4.02. The highest BCUT2D eigenvalue weighted by Gasteiger charge is 1.96. The SMILES string of the molecule is C=C(F)C=CC(/C=C\C)CCC. The van der Waals surface area contributed by atoms with E-state index in [9.17, 15) is 4.39 Å². The van der Waals surface area contributed by atoms with Crippen LogP contribution in [0.2, 0.25) is 0 Å². The van der Waals surface area contributed by atoms with Gasteiger partial charge >= 0.3 is 0 Å². The van der Waals surface area contributed by atoms with Crippen LogP contribution in [0.3, 0.4) is 0 Å². The number of rotatable bonds is 5. The van der Waals surface area contributed by atoms with Gasteiger partial charge in [0.2, 0.25) is 0 Å². The van der Waals surface area contributed by atoms with E-state index in [1.165, 1.54) is 6.08 Å². The number of hydrogen-bond donors (Lipinski definition) is 0. The van der Waals surface area contributed by atoms with Gasteiger partial charge in [-0.05, 0) is 25.3 Å². The fraction of sp³-hybridized carbons (Fsp3) is 0.455. The van der Waals surface area contributed by atoms with Crippen molar-refractivity contribution in [1.29, 1.82) is 0 Å². The lowest BCUT2D eigenvalue weighted by atomic mass is 10.0. The molecule has 1 heteroatoms. The lowest BCUT2D eigenvalue weighted by molar-refractivity contribution is 0.658. The fourth-order valence-electron chi connectivity index (χ4n) is 1.07. The Hall–Kier alpha value is -0.850. The van der Waals surface area contributed by atoms with E-state index in [1.54, 1.807) is 0 Å². The molecular formula is C11H17F. The van der Waals surface area contributed by atoms with Crippen molar-refractivity contribution < 1.29 is 4.39 Å². The summed E-state index contributed by atoms with van der Waals surface area (Å²) in [5, 5.41) is 0. The molecule has 0 saturated heterocycles. The summed E-state index contributed by atoms with van der Waals surface area (Å²) in [7, 11) is 0. The zero-order chi connectivity index (χ0) is 9.40. The maximum absolute atomic E-state index is 12.2. The van der Waals surface area contributed by atoms with Crippen LogP contribution in [0.5, 0.6) is 0 Å². The maximum atomic E-state index is 12.2. The van der Waals surface area contributed by atoms with Crippen LogP contribution in [0, 0.1) is 5.92 Å². The summed E-state index contributed by atoms with van der Waals surface area (Å²) in [6, 6.07) is 0. The van der Waals surface area contributed by atoms with Gasteiger partial charge < -0.3 is 0 Å². The molecule has 68 valence electrons. The summed E-state index contributed by atoms with van der Waals surface area (Å²) in [5.41, 5.74) is 0. The van der Waals surface area contributed by atoms with Crippen molar-refractivity contribution in [2.45, 2.75) is 26.7 Å². The van der Waals surface area contributed by atoms with E-state index in [-0.39, 0.29) is 5.83 Å². The standard InChI is InChI=1S/C11H17F/c1-4-6-11(7-5-2)9-8-10(3)12/h4,6,8-9,11H,3,5,7H2,1-2H3/b6-4-,9-8?. The summed E-state index contributed by atoms with van der Waals surface area (Å²) in [4.78, 5) is 0. The van der Waals surface area contributed by atoms with Crippen LogP contribution in [-0.4, -0.2) is 0 Å². The third-order valence-electron chi connectivity index (χ3n) is 1.59. The Kier molecular flexibility index (Phi) is 6.35. The number of halogens is 1. The van der Waals surface area contributed by atoms with Gasteiger partial charge in [-0.1, -0.05) is 38.2 Å². The van der Waals surface area contributed by atoms with Gasteiger partial charge in [0, 0.05) is 0 Å². The molecule has 0 nitrogen and oxygen atoms in total. The fourth-order valence-corrected chi connectivity index (χ4v) is 1.07. The average Bonchev–Trinajstić information content (AvgIpc) is 2.01. The van der Waals surface area contributed by atoms with Crippen LogP contribution in [0.4, 0.5) is 4.39 Å². The lowest BCUT2D eigenvalue weighted by Crippen LogP contribution is -1.89. The third kappa shape index (κ3) is 5.90. The minimum atomic E-state index is -0.374. The van der Waals surface area contributed by atoms with E-state index in [1.807, 2.05) is 19.1 Å². The maximum Gasteiger partial charge on any atom is 0.115 e. The Morgan fingerprint density at radius 1 is 1.50 bits per heavy atom. The highest BCUT2D eigenvalue weighted by Crippen LogP contribution is 2.11. The van der Waals surface area contributed by atoms with E-state index >= 15 is 0 Å². The minimum Gasteiger partial charge on any atom is -0.208 e. The first kappa shape index (κ1) is 11.2. The smallest absolute Gasteiger partial charge is 0.115 e. The summed E-state index contributed by atoms with van der Waals surface area (Å²) in [6.07, 6.45) is 9.52. The Labute approximate surface area is 74.5 Å². The van der Waals surface area contributed by atoms with Crippen molar-refractivity contribution in [3.63, 3.8) is 0 Å². The predicted molar refractivity (Wildman–Crippen MR) is 52.6 cm³/mol. The molecular weight excluding hydrogens is 151 g/mol. The van der Waals surface area contributed by atoms with Crippen molar-refractivity contribution in [2.75, 3.05) is 0 Å². The summed E-state index contributed by atoms with van der Waals surface area (Å²) >= 11 is 0. The molecule has 0 heterocycles. The van der Waals surface area contributed by atoms with E-state index in [0.29, 0.717) is 5.92 Å². The molecule has 0 aliphatic carbocycles. The van der Waals surface area contributed by atoms with Crippen LogP contribution in [-0.2, 0) is 0 Å². The van der Waals surface area contributed by atoms with Crippen molar-refractivity contribution in [3.8, 4) is 0 Å². The molecule has 0 rings (SSSR count). The van der Waals surface area contributed by atoms with Gasteiger partial charge in [0.1, 0.15) is 5.83 Å². The van der Waals surface area contributed by atoms with E-state index in [2.05, 4.69) is 19.6 Å². The van der Waals surface area contributed by atoms with Crippen molar-refractivity contribution >= 4 is 0 Å². The van der Waals surface area contributed by atoms with Gasteiger partial charge in [-0.25, -0.2) is 4.39 Å². The zero-order valence-electron chi connectivity index (χ0n) is 7.89. The van der Waals surface area contributed by atoms with Crippen molar-refractivity contribution in [1.82, 2.24) is 0 Å². The zero-order valence-corrected chi connectivity index (χ0v) is 7.89. The molecule has 0 spiro atoms. The molecule has 0 amide bonds. The topological polar surface area (TPSA) is 0 Å². The first-order valence-electron chi connectivity index (χ1n) is 4.36. The quantitative estimate of drug-likeness (QED) is 0.429. The van der Waals surface area contributed by atoms with Gasteiger partial charge in [-0.3, -0.25) is 0 Å². The van der Waals surface area contributed by atoms with E-state index in [4.69, 9.17) is 0 Å². The molecule has 0 saturated carbocycles. The van der Waals surface area contributed by atoms with Crippen LogP contribution < -0.4 is 0 Å². The van der Waals surface area contributed by atoms with Crippen LogP contribution in [0.1, 0.15) is 26.7 Å². The molecule has 0 radical (unpaired) electrons. The minimum absolute atomic E-state index is 0.354. The van der Waals surface area contributed by atoms with Gasteiger partial charge in [0.15, 0.2) is 0 Å². The largest absolute Gasteiger partial charge is 0.208 e. The first-order valence-corrected chi connectivity index (χ1v) is 4.36. The monoisotopic (exact) mass is 168 g/mol. The van der Waals surface area contributed by atoms with Crippen molar-refractivity contribution in [2.24, 2.45) is 5.92 Å². The Balaban J connectivity index is 4.02. The molecule has 0 bridgehead atoms. The number of allylic oxidation sites excluding steroid dienone is 5. The molecule has 0 aliphatic heterocycles. The molecule has 0 aromatic carbocycles. The van der Waals surface area contributed by atoms with Gasteiger partial charge in [0.05, 0.1) is 0 Å². The van der Waals surface area contributed by atoms with Crippen molar-refractivity contribution in [3.05, 3.63) is 36.7 Å². The van der Waals surface area contributed by atoms with Gasteiger partial charge in [0.25, 0.3) is 0 Å². The summed E-state index contributed by atoms with van der Waals surface area (Å²) in [6.45, 7) is 7.26. The Bertz CT molecular complexity index is 177. The molecule has 1 atom stereocenters. The number of hydrogen-bond acceptors (Lipinski definition) is 0. The van der Waals surface area contributed by atoms with Crippen LogP contribution in [0.15, 0.2) is 36.7 Å². The molecule has 12 heavy (non-hydrogen) atoms. The molecule has 0 aromatic rings. The molecule has 0 aromatic heterocycles. The van der Waals surface area contributed by atoms with Crippen LogP contribution >= 0.6 is 0 Å². The molecule has 0 N–H and O–H groups in total. The van der Waals surface area contributed by atoms with E-state index < -0.39 is 0 Å². The normalized spacial score (nSPS) is 14.2. The highest BCUT2D eigenvalue weighted by atomic mass is 19.1. The third-order valence-corrected chi connectivity index (χ3v) is 1.59. The Morgan fingerprint density at radius 3 is 2.58 bits per heavy atom. The second kappa shape index (κ2) is 6.84. The average molecular weight is 168 g/mol. The molecule has 0 aliphatic rings. The van der Waals surface area contributed by atoms with Crippen LogP contribution in [0.25, 0.3) is 0 Å². The van der Waals surface area contributed by atoms with Gasteiger partial charge in [-0.2, -0.15) is 0 Å². The van der Waals surface area contributed by atoms with Gasteiger partial charge in [-0.15, -0.1) is 0 Å².